The lowest BCUT2D eigenvalue weighted by Gasteiger charge is -2.14. The second-order valence-corrected chi connectivity index (χ2v) is 3.72. The van der Waals surface area contributed by atoms with Crippen LogP contribution in [0.15, 0.2) is 0 Å². The van der Waals surface area contributed by atoms with E-state index in [1.807, 2.05) is 13.8 Å². The molecule has 1 aliphatic heterocycles. The lowest BCUT2D eigenvalue weighted by atomic mass is 10.1. The summed E-state index contributed by atoms with van der Waals surface area (Å²) in [6.45, 7) is 5.41. The second-order valence-electron chi connectivity index (χ2n) is 3.72. The second kappa shape index (κ2) is 5.70. The Labute approximate surface area is 89.6 Å². The maximum Gasteiger partial charge on any atom is 0.225 e. The van der Waals surface area contributed by atoms with Crippen molar-refractivity contribution in [3.05, 3.63) is 0 Å². The fourth-order valence-electron chi connectivity index (χ4n) is 1.52. The normalized spacial score (nSPS) is 22.3. The van der Waals surface area contributed by atoms with Crippen LogP contribution in [0.3, 0.4) is 0 Å². The van der Waals surface area contributed by atoms with Crippen LogP contribution in [0.4, 0.5) is 0 Å². The SMILES string of the molecule is CCOC(C)CNC(=O)C1CNC(=O)C1. The van der Waals surface area contributed by atoms with Gasteiger partial charge in [0.1, 0.15) is 0 Å². The van der Waals surface area contributed by atoms with Gasteiger partial charge in [-0.25, -0.2) is 0 Å². The third-order valence-corrected chi connectivity index (χ3v) is 2.36. The lowest BCUT2D eigenvalue weighted by Crippen LogP contribution is -2.37. The highest BCUT2D eigenvalue weighted by molar-refractivity contribution is 5.89. The van der Waals surface area contributed by atoms with Gasteiger partial charge < -0.3 is 15.4 Å². The molecule has 0 aliphatic carbocycles. The lowest BCUT2D eigenvalue weighted by molar-refractivity contribution is -0.126. The number of nitrogens with one attached hydrogen (secondary N) is 2. The van der Waals surface area contributed by atoms with Crippen molar-refractivity contribution in [1.29, 1.82) is 0 Å². The van der Waals surface area contributed by atoms with Gasteiger partial charge in [-0.1, -0.05) is 0 Å². The Bertz CT molecular complexity index is 243. The fourth-order valence-corrected chi connectivity index (χ4v) is 1.52. The van der Waals surface area contributed by atoms with Crippen LogP contribution in [0, 0.1) is 5.92 Å². The molecule has 0 spiro atoms. The maximum absolute atomic E-state index is 11.5. The van der Waals surface area contributed by atoms with Crippen molar-refractivity contribution in [3.8, 4) is 0 Å². The minimum Gasteiger partial charge on any atom is -0.377 e. The third kappa shape index (κ3) is 3.87. The minimum atomic E-state index is -0.216. The number of amides is 2. The molecule has 1 saturated heterocycles. The van der Waals surface area contributed by atoms with Gasteiger partial charge in [0.2, 0.25) is 11.8 Å². The van der Waals surface area contributed by atoms with E-state index in [9.17, 15) is 9.59 Å². The number of carbonyl (C=O) groups is 2. The summed E-state index contributed by atoms with van der Waals surface area (Å²) < 4.78 is 5.28. The van der Waals surface area contributed by atoms with Gasteiger partial charge in [-0.2, -0.15) is 0 Å². The number of carbonyl (C=O) groups excluding carboxylic acids is 2. The summed E-state index contributed by atoms with van der Waals surface area (Å²) in [6, 6.07) is 0. The Morgan fingerprint density at radius 3 is 3.00 bits per heavy atom. The highest BCUT2D eigenvalue weighted by Gasteiger charge is 2.27. The van der Waals surface area contributed by atoms with Crippen LogP contribution in [0.5, 0.6) is 0 Å². The Morgan fingerprint density at radius 1 is 1.73 bits per heavy atom. The maximum atomic E-state index is 11.5. The molecule has 1 rings (SSSR count). The van der Waals surface area contributed by atoms with Crippen molar-refractivity contribution in [1.82, 2.24) is 10.6 Å². The van der Waals surface area contributed by atoms with Gasteiger partial charge in [-0.3, -0.25) is 9.59 Å². The summed E-state index contributed by atoms with van der Waals surface area (Å²) in [5, 5.41) is 5.41. The van der Waals surface area contributed by atoms with Crippen LogP contribution in [-0.2, 0) is 14.3 Å². The molecule has 0 aromatic carbocycles. The van der Waals surface area contributed by atoms with Crippen LogP contribution in [0.25, 0.3) is 0 Å². The molecule has 0 aromatic heterocycles. The number of ether oxygens (including phenoxy) is 1. The molecule has 1 aliphatic rings. The first-order valence-electron chi connectivity index (χ1n) is 5.29. The molecule has 0 radical (unpaired) electrons. The monoisotopic (exact) mass is 214 g/mol. The quantitative estimate of drug-likeness (QED) is 0.658. The largest absolute Gasteiger partial charge is 0.377 e. The molecule has 0 saturated carbocycles. The molecule has 5 heteroatoms. The van der Waals surface area contributed by atoms with E-state index in [4.69, 9.17) is 4.74 Å². The summed E-state index contributed by atoms with van der Waals surface area (Å²) in [5.74, 6) is -0.334. The molecule has 2 amide bonds. The van der Waals surface area contributed by atoms with Gasteiger partial charge >= 0.3 is 0 Å². The zero-order chi connectivity index (χ0) is 11.3. The molecule has 15 heavy (non-hydrogen) atoms. The average Bonchev–Trinajstić information content (AvgIpc) is 2.62. The van der Waals surface area contributed by atoms with Crippen molar-refractivity contribution in [3.63, 3.8) is 0 Å². The van der Waals surface area contributed by atoms with Gasteiger partial charge in [0.25, 0.3) is 0 Å². The van der Waals surface area contributed by atoms with Gasteiger partial charge in [0.15, 0.2) is 0 Å². The summed E-state index contributed by atoms with van der Waals surface area (Å²) in [6.07, 6.45) is 0.318. The van der Waals surface area contributed by atoms with Gasteiger partial charge in [0.05, 0.1) is 12.0 Å². The van der Waals surface area contributed by atoms with Crippen molar-refractivity contribution in [2.24, 2.45) is 5.92 Å². The van der Waals surface area contributed by atoms with Gasteiger partial charge in [0, 0.05) is 26.1 Å². The van der Waals surface area contributed by atoms with E-state index in [-0.39, 0.29) is 23.8 Å². The van der Waals surface area contributed by atoms with Crippen molar-refractivity contribution < 1.29 is 14.3 Å². The van der Waals surface area contributed by atoms with Crippen LogP contribution in [-0.4, -0.2) is 37.6 Å². The zero-order valence-electron chi connectivity index (χ0n) is 9.21. The summed E-state index contributed by atoms with van der Waals surface area (Å²) >= 11 is 0. The standard InChI is InChI=1S/C10H18N2O3/c1-3-15-7(2)5-12-10(14)8-4-9(13)11-6-8/h7-8H,3-6H2,1-2H3,(H,11,13)(H,12,14). The van der Waals surface area contributed by atoms with E-state index in [0.717, 1.165) is 0 Å². The highest BCUT2D eigenvalue weighted by atomic mass is 16.5. The summed E-state index contributed by atoms with van der Waals surface area (Å²) in [7, 11) is 0. The van der Waals surface area contributed by atoms with Gasteiger partial charge in [-0.15, -0.1) is 0 Å². The molecule has 1 heterocycles. The van der Waals surface area contributed by atoms with Crippen molar-refractivity contribution in [2.45, 2.75) is 26.4 Å². The number of hydrogen-bond donors (Lipinski definition) is 2. The molecule has 2 unspecified atom stereocenters. The van der Waals surface area contributed by atoms with Crippen LogP contribution in [0.1, 0.15) is 20.3 Å². The fraction of sp³-hybridized carbons (Fsp3) is 0.800. The van der Waals surface area contributed by atoms with E-state index in [2.05, 4.69) is 10.6 Å². The molecule has 0 bridgehead atoms. The first kappa shape index (κ1) is 12.0. The van der Waals surface area contributed by atoms with Crippen LogP contribution < -0.4 is 10.6 Å². The Balaban J connectivity index is 2.21. The predicted molar refractivity (Wildman–Crippen MR) is 55.2 cm³/mol. The van der Waals surface area contributed by atoms with E-state index in [1.165, 1.54) is 0 Å². The molecule has 1 fully saturated rings. The molecule has 0 aromatic rings. The third-order valence-electron chi connectivity index (χ3n) is 2.36. The Morgan fingerprint density at radius 2 is 2.47 bits per heavy atom. The highest BCUT2D eigenvalue weighted by Crippen LogP contribution is 2.08. The number of rotatable bonds is 5. The zero-order valence-corrected chi connectivity index (χ0v) is 9.21. The first-order valence-corrected chi connectivity index (χ1v) is 5.29. The summed E-state index contributed by atoms with van der Waals surface area (Å²) in [4.78, 5) is 22.4. The molecular formula is C10H18N2O3. The van der Waals surface area contributed by atoms with Crippen LogP contribution >= 0.6 is 0 Å². The minimum absolute atomic E-state index is 0.0176. The smallest absolute Gasteiger partial charge is 0.225 e. The molecule has 5 nitrogen and oxygen atoms in total. The van der Waals surface area contributed by atoms with Gasteiger partial charge in [-0.05, 0) is 13.8 Å². The van der Waals surface area contributed by atoms with Crippen molar-refractivity contribution in [2.75, 3.05) is 19.7 Å². The Hall–Kier alpha value is -1.10. The predicted octanol–water partition coefficient (Wildman–Crippen LogP) is -0.336. The molecule has 2 N–H and O–H groups in total. The Kier molecular flexibility index (Phi) is 4.55. The van der Waals surface area contributed by atoms with Crippen LogP contribution in [0.2, 0.25) is 0 Å². The molecule has 2 atom stereocenters. The van der Waals surface area contributed by atoms with Crippen molar-refractivity contribution >= 4 is 11.8 Å². The molecule has 86 valence electrons. The van der Waals surface area contributed by atoms with E-state index in [1.54, 1.807) is 0 Å². The molecular weight excluding hydrogens is 196 g/mol. The van der Waals surface area contributed by atoms with E-state index in [0.29, 0.717) is 26.1 Å². The van der Waals surface area contributed by atoms with E-state index < -0.39 is 0 Å². The number of hydrogen-bond acceptors (Lipinski definition) is 3. The summed E-state index contributed by atoms with van der Waals surface area (Å²) in [5.41, 5.74) is 0. The van der Waals surface area contributed by atoms with E-state index >= 15 is 0 Å². The topological polar surface area (TPSA) is 67.4 Å². The average molecular weight is 214 g/mol. The first-order chi connectivity index (χ1) is 7.13.